The molecule has 0 aliphatic heterocycles. The third-order valence-corrected chi connectivity index (χ3v) is 4.56. The Balaban J connectivity index is 1.87. The van der Waals surface area contributed by atoms with E-state index in [1.165, 1.54) is 37.7 Å². The maximum absolute atomic E-state index is 6.07. The average Bonchev–Trinajstić information content (AvgIpc) is 2.53. The van der Waals surface area contributed by atoms with Crippen molar-refractivity contribution in [3.63, 3.8) is 0 Å². The summed E-state index contributed by atoms with van der Waals surface area (Å²) in [7, 11) is 0. The largest absolute Gasteiger partial charge is 0.474 e. The fraction of sp³-hybridized carbons (Fsp3) is 0.722. The van der Waals surface area contributed by atoms with Gasteiger partial charge in [0.05, 0.1) is 0 Å². The number of aromatic nitrogens is 1. The highest BCUT2D eigenvalue weighted by Crippen LogP contribution is 2.29. The van der Waals surface area contributed by atoms with Gasteiger partial charge in [0.25, 0.3) is 0 Å². The molecule has 118 valence electrons. The van der Waals surface area contributed by atoms with Crippen LogP contribution in [0.1, 0.15) is 70.9 Å². The van der Waals surface area contributed by atoms with Gasteiger partial charge >= 0.3 is 0 Å². The summed E-state index contributed by atoms with van der Waals surface area (Å²) in [6, 6.07) is 4.51. The van der Waals surface area contributed by atoms with E-state index in [-0.39, 0.29) is 0 Å². The molecule has 1 aromatic rings. The minimum Gasteiger partial charge on any atom is -0.474 e. The molecule has 21 heavy (non-hydrogen) atoms. The molecule has 1 heterocycles. The SMILES string of the molecule is CCCNC(C)c1ccc(OC2CCCC(CC)C2)nc1. The van der Waals surface area contributed by atoms with E-state index in [2.05, 4.69) is 37.1 Å². The zero-order valence-electron chi connectivity index (χ0n) is 13.8. The van der Waals surface area contributed by atoms with Crippen LogP contribution in [0.3, 0.4) is 0 Å². The molecule has 0 radical (unpaired) electrons. The average molecular weight is 290 g/mol. The van der Waals surface area contributed by atoms with Crippen LogP contribution in [0.5, 0.6) is 5.88 Å². The number of pyridine rings is 1. The summed E-state index contributed by atoms with van der Waals surface area (Å²) in [5.41, 5.74) is 1.23. The molecule has 3 heteroatoms. The van der Waals surface area contributed by atoms with Gasteiger partial charge in [-0.1, -0.05) is 32.8 Å². The van der Waals surface area contributed by atoms with Gasteiger partial charge in [-0.2, -0.15) is 0 Å². The molecule has 0 saturated heterocycles. The Morgan fingerprint density at radius 2 is 2.19 bits per heavy atom. The van der Waals surface area contributed by atoms with Gasteiger partial charge in [0.2, 0.25) is 5.88 Å². The molecule has 2 rings (SSSR count). The van der Waals surface area contributed by atoms with Crippen molar-refractivity contribution < 1.29 is 4.74 Å². The van der Waals surface area contributed by atoms with Gasteiger partial charge in [0.1, 0.15) is 6.10 Å². The Bertz CT molecular complexity index is 404. The second-order valence-electron chi connectivity index (χ2n) is 6.29. The molecule has 1 fully saturated rings. The molecule has 3 unspecified atom stereocenters. The molecule has 0 bridgehead atoms. The predicted octanol–water partition coefficient (Wildman–Crippen LogP) is 4.49. The third-order valence-electron chi connectivity index (χ3n) is 4.56. The molecule has 3 nitrogen and oxygen atoms in total. The van der Waals surface area contributed by atoms with Crippen LogP contribution in [0, 0.1) is 5.92 Å². The van der Waals surface area contributed by atoms with Crippen molar-refractivity contribution in [3.05, 3.63) is 23.9 Å². The Kier molecular flexibility index (Phi) is 6.50. The van der Waals surface area contributed by atoms with Crippen molar-refractivity contribution in [2.75, 3.05) is 6.54 Å². The van der Waals surface area contributed by atoms with Crippen molar-refractivity contribution in [2.24, 2.45) is 5.92 Å². The van der Waals surface area contributed by atoms with E-state index < -0.39 is 0 Å². The van der Waals surface area contributed by atoms with Gasteiger partial charge in [-0.15, -0.1) is 0 Å². The molecule has 0 spiro atoms. The normalized spacial score (nSPS) is 23.8. The first-order valence-corrected chi connectivity index (χ1v) is 8.58. The van der Waals surface area contributed by atoms with Gasteiger partial charge in [-0.3, -0.25) is 0 Å². The highest BCUT2D eigenvalue weighted by molar-refractivity contribution is 5.20. The lowest BCUT2D eigenvalue weighted by atomic mass is 9.85. The highest BCUT2D eigenvalue weighted by atomic mass is 16.5. The molecular formula is C18H30N2O. The van der Waals surface area contributed by atoms with E-state index in [9.17, 15) is 0 Å². The Hall–Kier alpha value is -1.09. The summed E-state index contributed by atoms with van der Waals surface area (Å²) >= 11 is 0. The minimum atomic E-state index is 0.352. The van der Waals surface area contributed by atoms with E-state index in [4.69, 9.17) is 4.74 Å². The van der Waals surface area contributed by atoms with Gasteiger partial charge < -0.3 is 10.1 Å². The lowest BCUT2D eigenvalue weighted by Gasteiger charge is -2.28. The zero-order valence-corrected chi connectivity index (χ0v) is 13.8. The van der Waals surface area contributed by atoms with Crippen molar-refractivity contribution in [3.8, 4) is 5.88 Å². The van der Waals surface area contributed by atoms with Crippen LogP contribution in [0.2, 0.25) is 0 Å². The molecule has 1 aliphatic carbocycles. The van der Waals surface area contributed by atoms with E-state index >= 15 is 0 Å². The van der Waals surface area contributed by atoms with Crippen LogP contribution < -0.4 is 10.1 Å². The number of hydrogen-bond acceptors (Lipinski definition) is 3. The lowest BCUT2D eigenvalue weighted by molar-refractivity contribution is 0.117. The Morgan fingerprint density at radius 1 is 1.33 bits per heavy atom. The molecular weight excluding hydrogens is 260 g/mol. The van der Waals surface area contributed by atoms with Crippen LogP contribution in [-0.4, -0.2) is 17.6 Å². The summed E-state index contributed by atoms with van der Waals surface area (Å²) in [6.07, 6.45) is 9.75. The van der Waals surface area contributed by atoms with Gasteiger partial charge in [-0.05, 0) is 50.6 Å². The van der Waals surface area contributed by atoms with E-state index in [1.807, 2.05) is 12.3 Å². The summed E-state index contributed by atoms with van der Waals surface area (Å²) < 4.78 is 6.07. The van der Waals surface area contributed by atoms with Gasteiger partial charge in [-0.25, -0.2) is 4.98 Å². The van der Waals surface area contributed by atoms with Crippen molar-refractivity contribution in [1.29, 1.82) is 0 Å². The van der Waals surface area contributed by atoms with E-state index in [0.717, 1.165) is 24.8 Å². The van der Waals surface area contributed by atoms with Crippen molar-refractivity contribution >= 4 is 0 Å². The lowest BCUT2D eigenvalue weighted by Crippen LogP contribution is -2.25. The number of ether oxygens (including phenoxy) is 1. The highest BCUT2D eigenvalue weighted by Gasteiger charge is 2.22. The number of nitrogens with one attached hydrogen (secondary N) is 1. The first-order chi connectivity index (χ1) is 10.2. The number of hydrogen-bond donors (Lipinski definition) is 1. The zero-order chi connectivity index (χ0) is 15.1. The first-order valence-electron chi connectivity index (χ1n) is 8.58. The number of nitrogens with zero attached hydrogens (tertiary/aromatic N) is 1. The first kappa shape index (κ1) is 16.3. The summed E-state index contributed by atoms with van der Waals surface area (Å²) in [5.74, 6) is 1.62. The second-order valence-corrected chi connectivity index (χ2v) is 6.29. The van der Waals surface area contributed by atoms with Gasteiger partial charge in [0, 0.05) is 18.3 Å². The smallest absolute Gasteiger partial charge is 0.213 e. The van der Waals surface area contributed by atoms with Gasteiger partial charge in [0.15, 0.2) is 0 Å². The predicted molar refractivity (Wildman–Crippen MR) is 87.6 cm³/mol. The monoisotopic (exact) mass is 290 g/mol. The van der Waals surface area contributed by atoms with Crippen molar-refractivity contribution in [2.45, 2.75) is 71.4 Å². The van der Waals surface area contributed by atoms with Crippen LogP contribution >= 0.6 is 0 Å². The van der Waals surface area contributed by atoms with Crippen molar-refractivity contribution in [1.82, 2.24) is 10.3 Å². The van der Waals surface area contributed by atoms with Crippen LogP contribution in [0.4, 0.5) is 0 Å². The molecule has 1 saturated carbocycles. The van der Waals surface area contributed by atoms with E-state index in [1.54, 1.807) is 0 Å². The Morgan fingerprint density at radius 3 is 2.86 bits per heavy atom. The molecule has 0 amide bonds. The van der Waals surface area contributed by atoms with Crippen LogP contribution in [0.25, 0.3) is 0 Å². The summed E-state index contributed by atoms with van der Waals surface area (Å²) in [4.78, 5) is 4.49. The van der Waals surface area contributed by atoms with E-state index in [0.29, 0.717) is 12.1 Å². The fourth-order valence-corrected chi connectivity index (χ4v) is 3.09. The van der Waals surface area contributed by atoms with Crippen LogP contribution in [-0.2, 0) is 0 Å². The molecule has 1 aliphatic rings. The quantitative estimate of drug-likeness (QED) is 0.803. The topological polar surface area (TPSA) is 34.1 Å². The van der Waals surface area contributed by atoms with Crippen LogP contribution in [0.15, 0.2) is 18.3 Å². The summed E-state index contributed by atoms with van der Waals surface area (Å²) in [6.45, 7) is 7.69. The molecule has 1 aromatic heterocycles. The molecule has 3 atom stereocenters. The number of rotatable bonds is 7. The minimum absolute atomic E-state index is 0.352. The maximum Gasteiger partial charge on any atom is 0.213 e. The Labute approximate surface area is 129 Å². The third kappa shape index (κ3) is 4.99. The molecule has 0 aromatic carbocycles. The molecule has 1 N–H and O–H groups in total. The summed E-state index contributed by atoms with van der Waals surface area (Å²) in [5, 5.41) is 3.48. The standard InChI is InChI=1S/C18H30N2O/c1-4-11-19-14(3)16-9-10-18(20-13-16)21-17-8-6-7-15(5-2)12-17/h9-10,13-15,17,19H,4-8,11-12H2,1-3H3. The second kappa shape index (κ2) is 8.38. The fourth-order valence-electron chi connectivity index (χ4n) is 3.09. The maximum atomic E-state index is 6.07.